The standard InChI is InChI=1S/C21H23N5/c1-15-11-17(8-10-25(15)13-16-5-3-2-4-6-16)26-14-24-19-12-23-21-18(20(19)26)7-9-22-21/h2-7,9,12,14-15,17H,8,10-11,13H2,1H3,(H,22,23)/t15-,17-/m0/s1. The van der Waals surface area contributed by atoms with E-state index in [-0.39, 0.29) is 0 Å². The molecular formula is C21H23N5. The van der Waals surface area contributed by atoms with Crippen molar-refractivity contribution >= 4 is 22.1 Å². The maximum atomic E-state index is 4.61. The number of H-pyrrole nitrogens is 1. The highest BCUT2D eigenvalue weighted by Gasteiger charge is 2.27. The van der Waals surface area contributed by atoms with Crippen molar-refractivity contribution in [1.29, 1.82) is 0 Å². The number of aromatic amines is 1. The molecule has 5 heteroatoms. The second-order valence-corrected chi connectivity index (χ2v) is 7.37. The van der Waals surface area contributed by atoms with E-state index in [1.165, 1.54) is 16.5 Å². The van der Waals surface area contributed by atoms with Crippen LogP contribution in [0.1, 0.15) is 31.4 Å². The summed E-state index contributed by atoms with van der Waals surface area (Å²) in [5, 5.41) is 1.17. The van der Waals surface area contributed by atoms with Gasteiger partial charge in [0.15, 0.2) is 0 Å². The number of fused-ring (bicyclic) bond motifs is 3. The lowest BCUT2D eigenvalue weighted by Crippen LogP contribution is -2.40. The van der Waals surface area contributed by atoms with Gasteiger partial charge in [-0.05, 0) is 31.4 Å². The average Bonchev–Trinajstić information content (AvgIpc) is 3.30. The third kappa shape index (κ3) is 2.59. The fourth-order valence-electron chi connectivity index (χ4n) is 4.31. The SMILES string of the molecule is C[C@H]1C[C@@H](n2cnc3cnc4[nH]ccc4c32)CCN1Cc1ccccc1. The van der Waals surface area contributed by atoms with Crippen LogP contribution >= 0.6 is 0 Å². The number of likely N-dealkylation sites (tertiary alicyclic amines) is 1. The van der Waals surface area contributed by atoms with Crippen LogP contribution in [-0.2, 0) is 6.54 Å². The van der Waals surface area contributed by atoms with Gasteiger partial charge in [0, 0.05) is 36.8 Å². The van der Waals surface area contributed by atoms with E-state index in [2.05, 4.69) is 67.7 Å². The molecule has 4 heterocycles. The molecule has 132 valence electrons. The molecule has 0 amide bonds. The first-order valence-corrected chi connectivity index (χ1v) is 9.36. The summed E-state index contributed by atoms with van der Waals surface area (Å²) in [6.45, 7) is 4.49. The van der Waals surface area contributed by atoms with Crippen molar-refractivity contribution in [3.63, 3.8) is 0 Å². The lowest BCUT2D eigenvalue weighted by molar-refractivity contribution is 0.120. The van der Waals surface area contributed by atoms with Crippen molar-refractivity contribution < 1.29 is 0 Å². The molecule has 0 bridgehead atoms. The van der Waals surface area contributed by atoms with Gasteiger partial charge in [-0.3, -0.25) is 4.90 Å². The second kappa shape index (κ2) is 6.25. The molecule has 1 fully saturated rings. The number of piperidine rings is 1. The number of hydrogen-bond donors (Lipinski definition) is 1. The zero-order chi connectivity index (χ0) is 17.5. The topological polar surface area (TPSA) is 49.7 Å². The first kappa shape index (κ1) is 15.6. The maximum absolute atomic E-state index is 4.61. The summed E-state index contributed by atoms with van der Waals surface area (Å²) in [5.74, 6) is 0. The minimum absolute atomic E-state index is 0.488. The summed E-state index contributed by atoms with van der Waals surface area (Å²) in [6.07, 6.45) is 8.13. The molecule has 0 radical (unpaired) electrons. The molecule has 3 aromatic heterocycles. The molecule has 4 aromatic rings. The molecule has 26 heavy (non-hydrogen) atoms. The van der Waals surface area contributed by atoms with Gasteiger partial charge in [-0.25, -0.2) is 9.97 Å². The number of nitrogens with zero attached hydrogens (tertiary/aromatic N) is 4. The van der Waals surface area contributed by atoms with E-state index in [1.54, 1.807) is 0 Å². The van der Waals surface area contributed by atoms with Gasteiger partial charge in [0.2, 0.25) is 0 Å². The molecule has 0 spiro atoms. The van der Waals surface area contributed by atoms with E-state index in [0.717, 1.165) is 37.1 Å². The van der Waals surface area contributed by atoms with E-state index < -0.39 is 0 Å². The summed E-state index contributed by atoms with van der Waals surface area (Å²) in [7, 11) is 0. The van der Waals surface area contributed by atoms with Gasteiger partial charge in [-0.15, -0.1) is 0 Å². The van der Waals surface area contributed by atoms with Gasteiger partial charge >= 0.3 is 0 Å². The number of imidazole rings is 1. The molecule has 1 saturated heterocycles. The van der Waals surface area contributed by atoms with Gasteiger partial charge < -0.3 is 9.55 Å². The van der Waals surface area contributed by atoms with Gasteiger partial charge in [0.25, 0.3) is 0 Å². The molecule has 5 nitrogen and oxygen atoms in total. The monoisotopic (exact) mass is 345 g/mol. The quantitative estimate of drug-likeness (QED) is 0.607. The van der Waals surface area contributed by atoms with Crippen molar-refractivity contribution in [2.24, 2.45) is 0 Å². The Morgan fingerprint density at radius 2 is 2.04 bits per heavy atom. The molecule has 0 saturated carbocycles. The summed E-state index contributed by atoms with van der Waals surface area (Å²) >= 11 is 0. The van der Waals surface area contributed by atoms with Crippen LogP contribution in [0.15, 0.2) is 55.1 Å². The maximum Gasteiger partial charge on any atom is 0.139 e. The molecule has 1 aromatic carbocycles. The normalized spacial score (nSPS) is 21.6. The van der Waals surface area contributed by atoms with E-state index in [4.69, 9.17) is 0 Å². The first-order valence-electron chi connectivity index (χ1n) is 9.36. The minimum Gasteiger partial charge on any atom is -0.346 e. The number of nitrogens with one attached hydrogen (secondary N) is 1. The highest BCUT2D eigenvalue weighted by Crippen LogP contribution is 2.32. The van der Waals surface area contributed by atoms with Gasteiger partial charge in [-0.1, -0.05) is 30.3 Å². The Labute approximate surface area is 152 Å². The van der Waals surface area contributed by atoms with Crippen molar-refractivity contribution in [3.05, 3.63) is 60.7 Å². The summed E-state index contributed by atoms with van der Waals surface area (Å²) in [5.41, 5.74) is 4.53. The molecule has 5 rings (SSSR count). The molecule has 1 N–H and O–H groups in total. The van der Waals surface area contributed by atoms with E-state index >= 15 is 0 Å². The summed E-state index contributed by atoms with van der Waals surface area (Å²) in [4.78, 5) is 14.9. The summed E-state index contributed by atoms with van der Waals surface area (Å²) < 4.78 is 2.38. The molecule has 0 aliphatic carbocycles. The van der Waals surface area contributed by atoms with Crippen LogP contribution in [0.2, 0.25) is 0 Å². The Morgan fingerprint density at radius 1 is 1.15 bits per heavy atom. The third-order valence-electron chi connectivity index (χ3n) is 5.73. The Kier molecular flexibility index (Phi) is 3.75. The van der Waals surface area contributed by atoms with E-state index in [1.807, 2.05) is 18.7 Å². The van der Waals surface area contributed by atoms with Crippen LogP contribution < -0.4 is 0 Å². The average molecular weight is 345 g/mol. The zero-order valence-electron chi connectivity index (χ0n) is 15.0. The number of hydrogen-bond acceptors (Lipinski definition) is 3. The lowest BCUT2D eigenvalue weighted by Gasteiger charge is -2.38. The van der Waals surface area contributed by atoms with Gasteiger partial charge in [0.05, 0.1) is 18.0 Å². The predicted molar refractivity (Wildman–Crippen MR) is 104 cm³/mol. The largest absolute Gasteiger partial charge is 0.346 e. The predicted octanol–water partition coefficient (Wildman–Crippen LogP) is 4.14. The Morgan fingerprint density at radius 3 is 2.88 bits per heavy atom. The van der Waals surface area contributed by atoms with Gasteiger partial charge in [-0.2, -0.15) is 0 Å². The van der Waals surface area contributed by atoms with Gasteiger partial charge in [0.1, 0.15) is 11.2 Å². The minimum atomic E-state index is 0.488. The molecule has 2 atom stereocenters. The molecular weight excluding hydrogens is 322 g/mol. The second-order valence-electron chi connectivity index (χ2n) is 7.37. The Hall–Kier alpha value is -2.66. The van der Waals surface area contributed by atoms with Crippen molar-refractivity contribution in [2.45, 2.75) is 38.4 Å². The molecule has 0 unspecified atom stereocenters. The fourth-order valence-corrected chi connectivity index (χ4v) is 4.31. The highest BCUT2D eigenvalue weighted by atomic mass is 15.2. The van der Waals surface area contributed by atoms with Crippen molar-refractivity contribution in [2.75, 3.05) is 6.54 Å². The van der Waals surface area contributed by atoms with Crippen LogP contribution in [-0.4, -0.2) is 37.0 Å². The van der Waals surface area contributed by atoms with Crippen LogP contribution in [0.25, 0.3) is 22.1 Å². The molecule has 1 aliphatic heterocycles. The van der Waals surface area contributed by atoms with Crippen molar-refractivity contribution in [3.8, 4) is 0 Å². The van der Waals surface area contributed by atoms with Crippen LogP contribution in [0, 0.1) is 0 Å². The third-order valence-corrected chi connectivity index (χ3v) is 5.73. The van der Waals surface area contributed by atoms with E-state index in [0.29, 0.717) is 12.1 Å². The number of benzene rings is 1. The number of rotatable bonds is 3. The molecule has 1 aliphatic rings. The van der Waals surface area contributed by atoms with Crippen LogP contribution in [0.4, 0.5) is 0 Å². The van der Waals surface area contributed by atoms with Crippen LogP contribution in [0.5, 0.6) is 0 Å². The highest BCUT2D eigenvalue weighted by molar-refractivity contribution is 6.00. The zero-order valence-corrected chi connectivity index (χ0v) is 15.0. The Balaban J connectivity index is 1.41. The number of aromatic nitrogens is 4. The summed E-state index contributed by atoms with van der Waals surface area (Å²) in [6, 6.07) is 13.9. The number of pyridine rings is 1. The first-order chi connectivity index (χ1) is 12.8. The fraction of sp³-hybridized carbons (Fsp3) is 0.333. The van der Waals surface area contributed by atoms with Crippen molar-refractivity contribution in [1.82, 2.24) is 24.4 Å². The van der Waals surface area contributed by atoms with Crippen LogP contribution in [0.3, 0.4) is 0 Å². The van der Waals surface area contributed by atoms with E-state index in [9.17, 15) is 0 Å². The lowest BCUT2D eigenvalue weighted by atomic mass is 9.97. The smallest absolute Gasteiger partial charge is 0.139 e. The Bertz CT molecular complexity index is 1030.